The molecule has 0 amide bonds. The molecule has 1 N–H and O–H groups in total. The van der Waals surface area contributed by atoms with Crippen molar-refractivity contribution in [3.8, 4) is 0 Å². The Balaban J connectivity index is 3.05. The van der Waals surface area contributed by atoms with Gasteiger partial charge in [-0.05, 0) is 25.4 Å². The first kappa shape index (κ1) is 11.9. The quantitative estimate of drug-likeness (QED) is 0.485. The van der Waals surface area contributed by atoms with Crippen LogP contribution < -0.4 is 0 Å². The van der Waals surface area contributed by atoms with E-state index < -0.39 is 8.68 Å². The highest BCUT2D eigenvalue weighted by Gasteiger charge is 2.00. The molecule has 1 unspecified atom stereocenters. The van der Waals surface area contributed by atoms with Crippen molar-refractivity contribution >= 4 is 8.68 Å². The van der Waals surface area contributed by atoms with E-state index in [0.717, 1.165) is 18.9 Å². The molecule has 72 valence electrons. The third kappa shape index (κ3) is 8.04. The van der Waals surface area contributed by atoms with Crippen molar-refractivity contribution in [1.82, 2.24) is 0 Å². The molecule has 3 nitrogen and oxygen atoms in total. The van der Waals surface area contributed by atoms with Gasteiger partial charge in [0.2, 0.25) is 0 Å². The van der Waals surface area contributed by atoms with Crippen LogP contribution >= 0.6 is 0 Å². The second-order valence-electron chi connectivity index (χ2n) is 2.94. The van der Waals surface area contributed by atoms with Gasteiger partial charge in [-0.3, -0.25) is 0 Å². The van der Waals surface area contributed by atoms with Gasteiger partial charge in [0, 0.05) is 6.61 Å². The molecule has 0 aromatic carbocycles. The zero-order valence-electron chi connectivity index (χ0n) is 7.88. The lowest BCUT2D eigenvalue weighted by atomic mass is 10.3. The van der Waals surface area contributed by atoms with Crippen LogP contribution in [0.4, 0.5) is 0 Å². The Morgan fingerprint density at radius 1 is 1.58 bits per heavy atom. The molecular weight excluding hydrogens is 172 g/mol. The van der Waals surface area contributed by atoms with Gasteiger partial charge in [0.1, 0.15) is 0 Å². The number of aliphatic hydroxyl groups excluding tert-OH is 1. The predicted octanol–water partition coefficient (Wildman–Crippen LogP) is 1.22. The maximum atomic E-state index is 10.7. The van der Waals surface area contributed by atoms with Crippen molar-refractivity contribution in [2.45, 2.75) is 38.5 Å². The first-order valence-corrected chi connectivity index (χ1v) is 6.53. The topological polar surface area (TPSA) is 46.5 Å². The third-order valence-electron chi connectivity index (χ3n) is 1.60. The summed E-state index contributed by atoms with van der Waals surface area (Å²) in [7, 11) is -1.33. The highest BCUT2D eigenvalue weighted by atomic mass is 28.3. The molecule has 0 radical (unpaired) electrons. The van der Waals surface area contributed by atoms with Crippen LogP contribution in [0.3, 0.4) is 0 Å². The SMILES string of the molecule is CCC(O)COCCC[Si](C)=O. The maximum Gasteiger partial charge on any atom is 0.273 e. The molecule has 0 aromatic rings. The van der Waals surface area contributed by atoms with Gasteiger partial charge in [-0.2, -0.15) is 0 Å². The maximum absolute atomic E-state index is 10.7. The molecule has 0 fully saturated rings. The Labute approximate surface area is 75.4 Å². The van der Waals surface area contributed by atoms with E-state index in [1.54, 1.807) is 6.55 Å². The van der Waals surface area contributed by atoms with E-state index in [-0.39, 0.29) is 6.10 Å². The molecular formula is C8H18O3Si. The molecule has 0 saturated heterocycles. The summed E-state index contributed by atoms with van der Waals surface area (Å²) in [4.78, 5) is 0. The van der Waals surface area contributed by atoms with E-state index in [1.165, 1.54) is 0 Å². The standard InChI is InChI=1S/C8H18O3Si/c1-3-8(9)7-11-5-4-6-12(2)10/h8-9H,3-7H2,1-2H3. The molecule has 0 spiro atoms. The van der Waals surface area contributed by atoms with Crippen molar-refractivity contribution in [1.29, 1.82) is 0 Å². The number of hydrogen-bond donors (Lipinski definition) is 1. The van der Waals surface area contributed by atoms with Crippen LogP contribution in [0.15, 0.2) is 0 Å². The minimum absolute atomic E-state index is 0.344. The molecule has 0 aliphatic carbocycles. The summed E-state index contributed by atoms with van der Waals surface area (Å²) in [5.74, 6) is 0. The number of rotatable bonds is 7. The molecule has 0 bridgehead atoms. The molecule has 0 aliphatic heterocycles. The summed E-state index contributed by atoms with van der Waals surface area (Å²) in [5, 5.41) is 9.09. The van der Waals surface area contributed by atoms with E-state index in [1.807, 2.05) is 6.92 Å². The summed E-state index contributed by atoms with van der Waals surface area (Å²) < 4.78 is 15.8. The minimum atomic E-state index is -1.33. The molecule has 4 heteroatoms. The Morgan fingerprint density at radius 3 is 2.75 bits per heavy atom. The molecule has 0 aliphatic rings. The van der Waals surface area contributed by atoms with E-state index in [0.29, 0.717) is 13.2 Å². The van der Waals surface area contributed by atoms with Crippen molar-refractivity contribution in [3.05, 3.63) is 0 Å². The van der Waals surface area contributed by atoms with E-state index in [9.17, 15) is 4.46 Å². The van der Waals surface area contributed by atoms with Gasteiger partial charge >= 0.3 is 0 Å². The van der Waals surface area contributed by atoms with Crippen LogP contribution in [0.2, 0.25) is 12.6 Å². The summed E-state index contributed by atoms with van der Waals surface area (Å²) in [6, 6.07) is 0.757. The van der Waals surface area contributed by atoms with Crippen LogP contribution in [-0.4, -0.2) is 33.1 Å². The summed E-state index contributed by atoms with van der Waals surface area (Å²) in [6.45, 7) is 4.69. The fourth-order valence-corrected chi connectivity index (χ4v) is 1.40. The van der Waals surface area contributed by atoms with Crippen LogP contribution in [0, 0.1) is 0 Å². The molecule has 0 aromatic heterocycles. The van der Waals surface area contributed by atoms with E-state index >= 15 is 0 Å². The Hall–Kier alpha value is -0.0631. The van der Waals surface area contributed by atoms with Gasteiger partial charge < -0.3 is 14.3 Å². The van der Waals surface area contributed by atoms with Gasteiger partial charge in [0.05, 0.1) is 12.7 Å². The van der Waals surface area contributed by atoms with Crippen molar-refractivity contribution < 1.29 is 14.3 Å². The second-order valence-corrected chi connectivity index (χ2v) is 4.85. The Kier molecular flexibility index (Phi) is 7.54. The highest BCUT2D eigenvalue weighted by molar-refractivity contribution is 6.40. The molecule has 0 saturated carbocycles. The number of aliphatic hydroxyl groups is 1. The van der Waals surface area contributed by atoms with Gasteiger partial charge in [-0.25, -0.2) is 0 Å². The second kappa shape index (κ2) is 7.58. The largest absolute Gasteiger partial charge is 0.391 e. The van der Waals surface area contributed by atoms with Crippen molar-refractivity contribution in [3.63, 3.8) is 0 Å². The third-order valence-corrected chi connectivity index (χ3v) is 2.66. The normalized spacial score (nSPS) is 12.9. The van der Waals surface area contributed by atoms with Gasteiger partial charge in [-0.15, -0.1) is 0 Å². The molecule has 0 rings (SSSR count). The van der Waals surface area contributed by atoms with Gasteiger partial charge in [0.15, 0.2) is 0 Å². The van der Waals surface area contributed by atoms with Crippen LogP contribution in [0.1, 0.15) is 19.8 Å². The monoisotopic (exact) mass is 190 g/mol. The zero-order valence-corrected chi connectivity index (χ0v) is 8.88. The van der Waals surface area contributed by atoms with Gasteiger partial charge in [-0.1, -0.05) is 6.92 Å². The minimum Gasteiger partial charge on any atom is -0.391 e. The molecule has 0 heterocycles. The Morgan fingerprint density at radius 2 is 2.25 bits per heavy atom. The van der Waals surface area contributed by atoms with Crippen molar-refractivity contribution in [2.24, 2.45) is 0 Å². The lowest BCUT2D eigenvalue weighted by Gasteiger charge is -2.07. The molecule has 12 heavy (non-hydrogen) atoms. The summed E-state index contributed by atoms with van der Waals surface area (Å²) in [6.07, 6.45) is 1.22. The van der Waals surface area contributed by atoms with Crippen LogP contribution in [-0.2, 0) is 9.20 Å². The lowest BCUT2D eigenvalue weighted by molar-refractivity contribution is 0.0353. The van der Waals surface area contributed by atoms with Crippen LogP contribution in [0.5, 0.6) is 0 Å². The number of hydrogen-bond acceptors (Lipinski definition) is 3. The van der Waals surface area contributed by atoms with Crippen molar-refractivity contribution in [2.75, 3.05) is 13.2 Å². The summed E-state index contributed by atoms with van der Waals surface area (Å²) in [5.41, 5.74) is 0. The van der Waals surface area contributed by atoms with E-state index in [4.69, 9.17) is 9.84 Å². The Bertz CT molecular complexity index is 127. The first-order valence-electron chi connectivity index (χ1n) is 4.42. The number of ether oxygens (including phenoxy) is 1. The highest BCUT2D eigenvalue weighted by Crippen LogP contribution is 1.95. The molecule has 1 atom stereocenters. The summed E-state index contributed by atoms with van der Waals surface area (Å²) >= 11 is 0. The fraction of sp³-hybridized carbons (Fsp3) is 1.00. The van der Waals surface area contributed by atoms with Gasteiger partial charge in [0.25, 0.3) is 8.68 Å². The lowest BCUT2D eigenvalue weighted by Crippen LogP contribution is -2.14. The van der Waals surface area contributed by atoms with Crippen LogP contribution in [0.25, 0.3) is 0 Å². The first-order chi connectivity index (χ1) is 5.66. The average molecular weight is 190 g/mol. The fourth-order valence-electron chi connectivity index (χ4n) is 0.760. The average Bonchev–Trinajstić information content (AvgIpc) is 2.03. The smallest absolute Gasteiger partial charge is 0.273 e. The predicted molar refractivity (Wildman–Crippen MR) is 48.8 cm³/mol. The zero-order chi connectivity index (χ0) is 9.40. The van der Waals surface area contributed by atoms with E-state index in [2.05, 4.69) is 0 Å².